The van der Waals surface area contributed by atoms with Crippen LogP contribution < -0.4 is 21.1 Å². The van der Waals surface area contributed by atoms with Crippen molar-refractivity contribution in [1.29, 1.82) is 0 Å². The average Bonchev–Trinajstić information content (AvgIpc) is 3.20. The van der Waals surface area contributed by atoms with Gasteiger partial charge in [-0.05, 0) is 96.5 Å². The smallest absolute Gasteiger partial charge is 0.197 e. The molecule has 2 atom stereocenters. The monoisotopic (exact) mass is 713 g/mol. The van der Waals surface area contributed by atoms with Gasteiger partial charge >= 0.3 is 0 Å². The fourth-order valence-corrected chi connectivity index (χ4v) is 9.20. The van der Waals surface area contributed by atoms with E-state index in [0.717, 1.165) is 35.3 Å². The molecule has 0 spiro atoms. The Bertz CT molecular complexity index is 2340. The second kappa shape index (κ2) is 15.2. The van der Waals surface area contributed by atoms with Gasteiger partial charge in [-0.15, -0.1) is 0 Å². The Morgan fingerprint density at radius 1 is 0.873 bits per heavy atom. The van der Waals surface area contributed by atoms with E-state index in [-0.39, 0.29) is 11.0 Å². The highest BCUT2D eigenvalue weighted by molar-refractivity contribution is 6.73. The summed E-state index contributed by atoms with van der Waals surface area (Å²) in [5, 5.41) is 3.89. The molecule has 2 aliphatic heterocycles. The van der Waals surface area contributed by atoms with E-state index >= 15 is 0 Å². The molecule has 271 valence electrons. The van der Waals surface area contributed by atoms with Crippen molar-refractivity contribution in [2.75, 3.05) is 10.2 Å². The lowest BCUT2D eigenvalue weighted by atomic mass is 9.52. The molecular weight excluding hydrogens is 663 g/mol. The number of allylic oxidation sites excluding steroid dienone is 7. The normalized spacial score (nSPS) is 18.7. The summed E-state index contributed by atoms with van der Waals surface area (Å²) in [5.41, 5.74) is 15.7. The van der Waals surface area contributed by atoms with E-state index in [9.17, 15) is 0 Å². The summed E-state index contributed by atoms with van der Waals surface area (Å²) < 4.78 is 0. The van der Waals surface area contributed by atoms with Crippen LogP contribution in [-0.4, -0.2) is 12.8 Å². The number of benzene rings is 4. The summed E-state index contributed by atoms with van der Waals surface area (Å²) in [6.45, 7) is 13.4. The van der Waals surface area contributed by atoms with Crippen LogP contribution in [0, 0.1) is 18.1 Å². The predicted octanol–water partition coefficient (Wildman–Crippen LogP) is 11.8. The number of nitrogens with one attached hydrogen (secondary N) is 1. The zero-order valence-corrected chi connectivity index (χ0v) is 32.7. The van der Waals surface area contributed by atoms with Gasteiger partial charge in [-0.2, -0.15) is 0 Å². The summed E-state index contributed by atoms with van der Waals surface area (Å²) >= 11 is 0. The molecule has 0 saturated heterocycles. The molecule has 55 heavy (non-hydrogen) atoms. The predicted molar refractivity (Wildman–Crippen MR) is 237 cm³/mol. The maximum absolute atomic E-state index is 3.89. The third-order valence-electron chi connectivity index (χ3n) is 11.9. The number of fused-ring (bicyclic) bond motifs is 4. The molecular formula is C52H50BN2. The second-order valence-corrected chi connectivity index (χ2v) is 16.0. The number of hydrogen-bond donors (Lipinski definition) is 1. The molecule has 0 saturated carbocycles. The van der Waals surface area contributed by atoms with Crippen LogP contribution in [0.2, 0.25) is 0 Å². The molecule has 5 aromatic rings. The minimum absolute atomic E-state index is 0.0357. The highest BCUT2D eigenvalue weighted by atomic mass is 15.2. The summed E-state index contributed by atoms with van der Waals surface area (Å²) in [4.78, 5) is 2.70. The van der Waals surface area contributed by atoms with Gasteiger partial charge in [0.2, 0.25) is 0 Å². The minimum atomic E-state index is -0.238. The fraction of sp³-hybridized carbons (Fsp3) is 0.231. The first-order valence-corrected chi connectivity index (χ1v) is 20.0. The molecule has 0 amide bonds. The molecule has 1 N–H and O–H groups in total. The van der Waals surface area contributed by atoms with Crippen molar-refractivity contribution in [1.82, 2.24) is 0 Å². The first-order chi connectivity index (χ1) is 26.8. The Morgan fingerprint density at radius 3 is 2.60 bits per heavy atom. The van der Waals surface area contributed by atoms with Gasteiger partial charge < -0.3 is 10.2 Å². The Labute approximate surface area is 330 Å². The highest BCUT2D eigenvalue weighted by Crippen LogP contribution is 2.56. The van der Waals surface area contributed by atoms with Crippen LogP contribution in [-0.2, 0) is 18.3 Å². The third kappa shape index (κ3) is 6.81. The molecule has 0 fully saturated rings. The van der Waals surface area contributed by atoms with Gasteiger partial charge in [0.05, 0.1) is 5.54 Å². The molecule has 3 heteroatoms. The van der Waals surface area contributed by atoms with E-state index in [2.05, 4.69) is 179 Å². The standard InChI is InChI=1S/C52H50BN2/c1-6-8-10-11-14-21-37-23-19-26-41(33-37)54-46-31-30-40(39-24-15-12-16-25-39)36-42(46)43-34-38(22-13-9-7-2)35-47-49(43)53-45-28-20-27-44-50(45)55(47)52(5)32-18-17-29-48(52)51(44,3)4/h6,8,10-12,14-15,17-20,23-24,26-36,48,54H,1,7,9,13,21-22H2,2-5H3/b10-8-,14-11-. The maximum Gasteiger partial charge on any atom is 0.197 e. The molecule has 2 unspecified atom stereocenters. The fourth-order valence-electron chi connectivity index (χ4n) is 9.20. The molecule has 3 aliphatic rings. The lowest BCUT2D eigenvalue weighted by Crippen LogP contribution is -2.62. The minimum Gasteiger partial charge on any atom is -0.355 e. The van der Waals surface area contributed by atoms with Gasteiger partial charge in [-0.3, -0.25) is 0 Å². The van der Waals surface area contributed by atoms with Crippen LogP contribution in [0.1, 0.15) is 63.6 Å². The Morgan fingerprint density at radius 2 is 1.76 bits per heavy atom. The Hall–Kier alpha value is -5.72. The van der Waals surface area contributed by atoms with Crippen LogP contribution in [0.5, 0.6) is 0 Å². The van der Waals surface area contributed by atoms with E-state index in [1.807, 2.05) is 24.3 Å². The van der Waals surface area contributed by atoms with Gasteiger partial charge in [-0.25, -0.2) is 0 Å². The summed E-state index contributed by atoms with van der Waals surface area (Å²) in [6, 6.07) is 40.2. The zero-order chi connectivity index (χ0) is 38.0. The van der Waals surface area contributed by atoms with E-state index < -0.39 is 0 Å². The van der Waals surface area contributed by atoms with Crippen molar-refractivity contribution in [2.45, 2.75) is 70.8 Å². The van der Waals surface area contributed by atoms with Crippen molar-refractivity contribution < 1.29 is 0 Å². The van der Waals surface area contributed by atoms with E-state index in [1.165, 1.54) is 69.4 Å². The van der Waals surface area contributed by atoms with E-state index in [4.69, 9.17) is 0 Å². The topological polar surface area (TPSA) is 15.3 Å². The largest absolute Gasteiger partial charge is 0.355 e. The number of nitrogens with zero attached hydrogens (tertiary/aromatic N) is 1. The van der Waals surface area contributed by atoms with Crippen LogP contribution in [0.25, 0.3) is 22.3 Å². The average molecular weight is 714 g/mol. The maximum atomic E-state index is 3.89. The number of rotatable bonds is 12. The summed E-state index contributed by atoms with van der Waals surface area (Å²) in [7, 11) is 2.46. The van der Waals surface area contributed by atoms with Crippen LogP contribution in [0.15, 0.2) is 152 Å². The van der Waals surface area contributed by atoms with Crippen LogP contribution in [0.3, 0.4) is 0 Å². The zero-order valence-electron chi connectivity index (χ0n) is 32.7. The van der Waals surface area contributed by atoms with Crippen molar-refractivity contribution in [3.05, 3.63) is 181 Å². The first-order valence-electron chi connectivity index (χ1n) is 20.0. The quantitative estimate of drug-likeness (QED) is 0.0787. The number of aryl methyl sites for hydroxylation is 1. The molecule has 2 nitrogen and oxygen atoms in total. The van der Waals surface area contributed by atoms with Gasteiger partial charge in [0.25, 0.3) is 0 Å². The lowest BCUT2D eigenvalue weighted by Gasteiger charge is -2.59. The third-order valence-corrected chi connectivity index (χ3v) is 11.9. The van der Waals surface area contributed by atoms with Crippen LogP contribution >= 0.6 is 0 Å². The molecule has 8 rings (SSSR count). The van der Waals surface area contributed by atoms with E-state index in [1.54, 1.807) is 6.08 Å². The van der Waals surface area contributed by atoms with Gasteiger partial charge in [0.15, 0.2) is 7.28 Å². The lowest BCUT2D eigenvalue weighted by molar-refractivity contribution is 0.261. The summed E-state index contributed by atoms with van der Waals surface area (Å²) in [5.74, 6) is 0.302. The van der Waals surface area contributed by atoms with Gasteiger partial charge in [-0.1, -0.05) is 166 Å². The van der Waals surface area contributed by atoms with Gasteiger partial charge in [0, 0.05) is 45.2 Å². The first kappa shape index (κ1) is 36.3. The SMILES string of the molecule is C=C/C=C\C=C/Cc1cccc(Nc2ccc(-c3c#cccc3)cc2-c2cc(CCCCC)cc3c2[B]c2cccc4c2N3C2(C)C=CC=CC2C4(C)C)c1. The van der Waals surface area contributed by atoms with Crippen molar-refractivity contribution >= 4 is 41.0 Å². The summed E-state index contributed by atoms with van der Waals surface area (Å²) in [6.07, 6.45) is 24.9. The van der Waals surface area contributed by atoms with Crippen LogP contribution in [0.4, 0.5) is 22.7 Å². The molecule has 1 aliphatic carbocycles. The molecule has 0 aromatic heterocycles. The molecule has 0 bridgehead atoms. The van der Waals surface area contributed by atoms with Crippen molar-refractivity contribution in [2.24, 2.45) is 5.92 Å². The second-order valence-electron chi connectivity index (χ2n) is 16.0. The van der Waals surface area contributed by atoms with Crippen molar-refractivity contribution in [3.63, 3.8) is 0 Å². The molecule has 2 heterocycles. The van der Waals surface area contributed by atoms with Crippen molar-refractivity contribution in [3.8, 4) is 22.3 Å². The van der Waals surface area contributed by atoms with Gasteiger partial charge in [0.1, 0.15) is 0 Å². The molecule has 5 aromatic carbocycles. The Balaban J connectivity index is 1.32. The Kier molecular flexibility index (Phi) is 10.0. The van der Waals surface area contributed by atoms with E-state index in [0.29, 0.717) is 5.92 Å². The number of unbranched alkanes of at least 4 members (excludes halogenated alkanes) is 2. The number of anilines is 4. The number of hydrogen-bond acceptors (Lipinski definition) is 2. The molecule has 1 radical (unpaired) electrons. The highest BCUT2D eigenvalue weighted by Gasteiger charge is 2.54. The number of para-hydroxylation sites is 1.